The van der Waals surface area contributed by atoms with E-state index in [2.05, 4.69) is 10.3 Å². The lowest BCUT2D eigenvalue weighted by molar-refractivity contribution is 0.404. The van der Waals surface area contributed by atoms with Crippen LogP contribution >= 0.6 is 0 Å². The van der Waals surface area contributed by atoms with Crippen LogP contribution in [0.1, 0.15) is 18.4 Å². The molecule has 0 aliphatic heterocycles. The van der Waals surface area contributed by atoms with Crippen molar-refractivity contribution in [2.75, 3.05) is 19.0 Å². The van der Waals surface area contributed by atoms with Gasteiger partial charge in [-0.1, -0.05) is 18.2 Å². The summed E-state index contributed by atoms with van der Waals surface area (Å²) in [5.41, 5.74) is 6.80. The van der Waals surface area contributed by atoms with Gasteiger partial charge in [0.15, 0.2) is 5.96 Å². The normalized spacial score (nSPS) is 15.9. The van der Waals surface area contributed by atoms with E-state index in [1.165, 1.54) is 0 Å². The number of benzene rings is 2. The van der Waals surface area contributed by atoms with E-state index in [0.29, 0.717) is 6.54 Å². The van der Waals surface area contributed by atoms with Crippen LogP contribution in [-0.4, -0.2) is 19.6 Å². The summed E-state index contributed by atoms with van der Waals surface area (Å²) in [6.07, 6.45) is 1.97. The van der Waals surface area contributed by atoms with E-state index in [-0.39, 0.29) is 17.1 Å². The fourth-order valence-electron chi connectivity index (χ4n) is 2.75. The zero-order valence-electron chi connectivity index (χ0n) is 13.4. The Morgan fingerprint density at radius 3 is 2.71 bits per heavy atom. The molecule has 0 amide bonds. The summed E-state index contributed by atoms with van der Waals surface area (Å²) in [4.78, 5) is 4.31. The van der Waals surface area contributed by atoms with Crippen molar-refractivity contribution in [3.8, 4) is 5.75 Å². The quantitative estimate of drug-likeness (QED) is 0.652. The molecular formula is C18H19F2N3O. The summed E-state index contributed by atoms with van der Waals surface area (Å²) < 4.78 is 32.2. The van der Waals surface area contributed by atoms with Crippen molar-refractivity contribution in [2.24, 2.45) is 10.7 Å². The summed E-state index contributed by atoms with van der Waals surface area (Å²) in [6, 6.07) is 11.0. The van der Waals surface area contributed by atoms with Crippen molar-refractivity contribution in [3.63, 3.8) is 0 Å². The molecule has 0 saturated heterocycles. The third-order valence-corrected chi connectivity index (χ3v) is 4.28. The molecule has 0 atom stereocenters. The van der Waals surface area contributed by atoms with Gasteiger partial charge >= 0.3 is 0 Å². The number of ether oxygens (including phenoxy) is 1. The number of methoxy groups -OCH3 is 1. The summed E-state index contributed by atoms with van der Waals surface area (Å²) in [5.74, 6) is -0.242. The highest BCUT2D eigenvalue weighted by molar-refractivity contribution is 5.92. The van der Waals surface area contributed by atoms with E-state index < -0.39 is 11.6 Å². The highest BCUT2D eigenvalue weighted by Gasteiger charge is 2.45. The van der Waals surface area contributed by atoms with Crippen LogP contribution in [-0.2, 0) is 5.41 Å². The molecule has 3 N–H and O–H groups in total. The van der Waals surface area contributed by atoms with Crippen molar-refractivity contribution in [3.05, 3.63) is 59.7 Å². The van der Waals surface area contributed by atoms with Gasteiger partial charge in [-0.05, 0) is 31.0 Å². The number of hydrogen-bond acceptors (Lipinski definition) is 2. The average molecular weight is 331 g/mol. The van der Waals surface area contributed by atoms with Crippen LogP contribution in [0.4, 0.5) is 14.5 Å². The second kappa shape index (κ2) is 6.47. The van der Waals surface area contributed by atoms with E-state index in [1.807, 2.05) is 24.3 Å². The number of hydrogen-bond donors (Lipinski definition) is 2. The zero-order valence-corrected chi connectivity index (χ0v) is 13.4. The highest BCUT2D eigenvalue weighted by atomic mass is 19.1. The number of nitrogens with one attached hydrogen (secondary N) is 1. The fraction of sp³-hybridized carbons (Fsp3) is 0.278. The lowest BCUT2D eigenvalue weighted by Crippen LogP contribution is -2.25. The SMILES string of the molecule is COc1ccccc1C1(CN=C(N)Nc2cc(F)ccc2F)CC1. The molecule has 0 radical (unpaired) electrons. The van der Waals surface area contributed by atoms with Crippen LogP contribution in [0.15, 0.2) is 47.5 Å². The molecule has 126 valence electrons. The Balaban J connectivity index is 1.74. The van der Waals surface area contributed by atoms with E-state index in [4.69, 9.17) is 10.5 Å². The zero-order chi connectivity index (χ0) is 17.2. The topological polar surface area (TPSA) is 59.6 Å². The van der Waals surface area contributed by atoms with Crippen LogP contribution in [0, 0.1) is 11.6 Å². The minimum Gasteiger partial charge on any atom is -0.496 e. The Hall–Kier alpha value is -2.63. The second-order valence-electron chi connectivity index (χ2n) is 5.93. The lowest BCUT2D eigenvalue weighted by atomic mass is 9.95. The van der Waals surface area contributed by atoms with E-state index >= 15 is 0 Å². The summed E-state index contributed by atoms with van der Waals surface area (Å²) in [7, 11) is 1.64. The predicted octanol–water partition coefficient (Wildman–Crippen LogP) is 3.43. The Morgan fingerprint density at radius 1 is 1.25 bits per heavy atom. The smallest absolute Gasteiger partial charge is 0.193 e. The van der Waals surface area contributed by atoms with Crippen molar-refractivity contribution in [2.45, 2.75) is 18.3 Å². The molecule has 0 unspecified atom stereocenters. The van der Waals surface area contributed by atoms with E-state index in [0.717, 1.165) is 42.4 Å². The first-order valence-electron chi connectivity index (χ1n) is 7.69. The second-order valence-corrected chi connectivity index (χ2v) is 5.93. The third kappa shape index (κ3) is 3.32. The molecule has 3 rings (SSSR count). The summed E-state index contributed by atoms with van der Waals surface area (Å²) in [6.45, 7) is 0.461. The number of halogens is 2. The van der Waals surface area contributed by atoms with Gasteiger partial charge in [-0.2, -0.15) is 0 Å². The maximum atomic E-state index is 13.6. The van der Waals surface area contributed by atoms with Crippen molar-refractivity contribution in [1.29, 1.82) is 0 Å². The number of guanidine groups is 1. The van der Waals surface area contributed by atoms with Gasteiger partial charge in [-0.15, -0.1) is 0 Å². The molecule has 2 aromatic carbocycles. The molecule has 1 aliphatic carbocycles. The molecule has 1 saturated carbocycles. The predicted molar refractivity (Wildman–Crippen MR) is 90.4 cm³/mol. The molecule has 1 fully saturated rings. The molecule has 4 nitrogen and oxygen atoms in total. The highest BCUT2D eigenvalue weighted by Crippen LogP contribution is 2.51. The summed E-state index contributed by atoms with van der Waals surface area (Å²) >= 11 is 0. The molecule has 24 heavy (non-hydrogen) atoms. The Labute approximate surface area is 139 Å². The molecule has 1 aliphatic rings. The first kappa shape index (κ1) is 16.2. The van der Waals surface area contributed by atoms with Crippen LogP contribution in [0.5, 0.6) is 5.75 Å². The van der Waals surface area contributed by atoms with Gasteiger partial charge in [0.25, 0.3) is 0 Å². The average Bonchev–Trinajstić information content (AvgIpc) is 3.37. The van der Waals surface area contributed by atoms with Gasteiger partial charge in [-0.3, -0.25) is 4.99 Å². The molecule has 2 aromatic rings. The minimum absolute atomic E-state index is 0.0293. The largest absolute Gasteiger partial charge is 0.496 e. The molecule has 6 heteroatoms. The molecule has 0 spiro atoms. The number of nitrogens with zero attached hydrogens (tertiary/aromatic N) is 1. The Kier molecular flexibility index (Phi) is 4.38. The van der Waals surface area contributed by atoms with Crippen molar-refractivity contribution < 1.29 is 13.5 Å². The minimum atomic E-state index is -0.583. The molecule has 0 heterocycles. The van der Waals surface area contributed by atoms with Crippen molar-refractivity contribution >= 4 is 11.6 Å². The standard InChI is InChI=1S/C18H19F2N3O/c1-24-16-5-3-2-4-13(16)18(8-9-18)11-22-17(21)23-15-10-12(19)6-7-14(15)20/h2-7,10H,8-9,11H2,1H3,(H3,21,22,23). The molecule has 0 aromatic heterocycles. The first-order chi connectivity index (χ1) is 11.5. The monoisotopic (exact) mass is 331 g/mol. The summed E-state index contributed by atoms with van der Waals surface area (Å²) in [5, 5.41) is 2.61. The van der Waals surface area contributed by atoms with Crippen LogP contribution < -0.4 is 15.8 Å². The number of para-hydroxylation sites is 1. The Morgan fingerprint density at radius 2 is 2.00 bits per heavy atom. The maximum Gasteiger partial charge on any atom is 0.193 e. The fourth-order valence-corrected chi connectivity index (χ4v) is 2.75. The first-order valence-corrected chi connectivity index (χ1v) is 7.69. The number of anilines is 1. The maximum absolute atomic E-state index is 13.6. The molecular weight excluding hydrogens is 312 g/mol. The van der Waals surface area contributed by atoms with Gasteiger partial charge in [0, 0.05) is 17.0 Å². The van der Waals surface area contributed by atoms with Gasteiger partial charge in [0.05, 0.1) is 19.3 Å². The number of nitrogens with two attached hydrogens (primary N) is 1. The number of rotatable bonds is 5. The Bertz CT molecular complexity index is 773. The van der Waals surface area contributed by atoms with Gasteiger partial charge in [0.1, 0.15) is 17.4 Å². The van der Waals surface area contributed by atoms with Crippen molar-refractivity contribution in [1.82, 2.24) is 0 Å². The van der Waals surface area contributed by atoms with Crippen LogP contribution in [0.25, 0.3) is 0 Å². The van der Waals surface area contributed by atoms with Gasteiger partial charge in [0.2, 0.25) is 0 Å². The van der Waals surface area contributed by atoms with E-state index in [1.54, 1.807) is 7.11 Å². The third-order valence-electron chi connectivity index (χ3n) is 4.28. The van der Waals surface area contributed by atoms with Gasteiger partial charge in [-0.25, -0.2) is 8.78 Å². The van der Waals surface area contributed by atoms with Gasteiger partial charge < -0.3 is 15.8 Å². The van der Waals surface area contributed by atoms with Crippen LogP contribution in [0.2, 0.25) is 0 Å². The van der Waals surface area contributed by atoms with Crippen LogP contribution in [0.3, 0.4) is 0 Å². The van der Waals surface area contributed by atoms with E-state index in [9.17, 15) is 8.78 Å². The number of aliphatic imine (C=N–C) groups is 1. The lowest BCUT2D eigenvalue weighted by Gasteiger charge is -2.17. The molecule has 0 bridgehead atoms.